The Kier molecular flexibility index (Phi) is 6.17. The van der Waals surface area contributed by atoms with Crippen LogP contribution in [0.25, 0.3) is 0 Å². The molecule has 4 nitrogen and oxygen atoms in total. The zero-order chi connectivity index (χ0) is 11.3. The summed E-state index contributed by atoms with van der Waals surface area (Å²) in [5, 5.41) is 2.03. The molecule has 2 rings (SSSR count). The van der Waals surface area contributed by atoms with Crippen molar-refractivity contribution in [2.75, 3.05) is 20.8 Å². The molecule has 92 valence electrons. The molecular weight excluding hydrogens is 371 g/mol. The van der Waals surface area contributed by atoms with Gasteiger partial charge in [0.15, 0.2) is 0 Å². The smallest absolute Gasteiger partial charge is 0.00388 e. The first-order chi connectivity index (χ1) is 7.09. The van der Waals surface area contributed by atoms with Gasteiger partial charge in [0, 0.05) is 6.04 Å². The zero-order valence-electron chi connectivity index (χ0n) is 9.61. The molecule has 0 unspecified atom stereocenters. The largest absolute Gasteiger partial charge is 0.328 e. The molecule has 2 aliphatic rings. The molecule has 0 amide bonds. The summed E-state index contributed by atoms with van der Waals surface area (Å²) in [4.78, 5) is 2.14. The van der Waals surface area contributed by atoms with Gasteiger partial charge in [0.2, 0.25) is 0 Å². The fourth-order valence-electron chi connectivity index (χ4n) is 1.78. The van der Waals surface area contributed by atoms with Gasteiger partial charge in [-0.25, -0.2) is 0 Å². The van der Waals surface area contributed by atoms with Crippen LogP contribution < -0.4 is 11.2 Å². The maximum Gasteiger partial charge on any atom is 0.00388 e. The molecule has 1 aliphatic heterocycles. The first-order valence-electron chi connectivity index (χ1n) is 5.53. The fourth-order valence-corrected chi connectivity index (χ4v) is 2.37. The van der Waals surface area contributed by atoms with Gasteiger partial charge in [0.05, 0.1) is 0 Å². The maximum absolute atomic E-state index is 5.63. The van der Waals surface area contributed by atoms with Crippen LogP contribution in [-0.2, 0) is 19.4 Å². The van der Waals surface area contributed by atoms with Gasteiger partial charge in [0.1, 0.15) is 0 Å². The number of hydrazine groups is 1. The van der Waals surface area contributed by atoms with E-state index in [0.29, 0.717) is 6.04 Å². The van der Waals surface area contributed by atoms with Crippen LogP contribution in [0.15, 0.2) is 0 Å². The quantitative estimate of drug-likeness (QED) is 0.619. The Bertz CT molecular complexity index is 204. The third kappa shape index (κ3) is 5.32. The number of nitrogens with zero attached hydrogens (tertiary/aromatic N) is 2. The first kappa shape index (κ1) is 13.5. The van der Waals surface area contributed by atoms with E-state index in [1.165, 1.54) is 36.2 Å². The van der Waals surface area contributed by atoms with Crippen molar-refractivity contribution in [1.82, 2.24) is 15.3 Å². The van der Waals surface area contributed by atoms with E-state index in [9.17, 15) is 0 Å². The van der Waals surface area contributed by atoms with Gasteiger partial charge in [-0.2, -0.15) is 0 Å². The summed E-state index contributed by atoms with van der Waals surface area (Å²) in [6, 6.07) is 0.536. The number of hydrogen-bond donors (Lipinski definition) is 2. The second-order valence-corrected chi connectivity index (χ2v) is 5.38. The van der Waals surface area contributed by atoms with E-state index in [4.69, 9.17) is 5.73 Å². The monoisotopic (exact) mass is 393 g/mol. The van der Waals surface area contributed by atoms with E-state index in [-0.39, 0.29) is 0 Å². The third-order valence-electron chi connectivity index (χ3n) is 2.66. The van der Waals surface area contributed by atoms with Crippen LogP contribution in [0.4, 0.5) is 0 Å². The van der Waals surface area contributed by atoms with E-state index in [2.05, 4.69) is 36.7 Å². The summed E-state index contributed by atoms with van der Waals surface area (Å²) in [5.74, 6) is 0. The summed E-state index contributed by atoms with van der Waals surface area (Å²) in [7, 11) is 4.07. The van der Waals surface area contributed by atoms with E-state index in [1.54, 1.807) is 0 Å². The molecule has 1 saturated heterocycles. The van der Waals surface area contributed by atoms with Gasteiger partial charge in [-0.15, -0.1) is 0 Å². The first-order valence-corrected chi connectivity index (χ1v) is 6.67. The van der Waals surface area contributed by atoms with Crippen molar-refractivity contribution in [2.24, 2.45) is 5.73 Å². The average molecular weight is 393 g/mol. The van der Waals surface area contributed by atoms with Crippen LogP contribution in [0.1, 0.15) is 32.1 Å². The van der Waals surface area contributed by atoms with Gasteiger partial charge >= 0.3 is 59.6 Å². The van der Waals surface area contributed by atoms with Gasteiger partial charge in [0.25, 0.3) is 0 Å². The Morgan fingerprint density at radius 1 is 1.27 bits per heavy atom. The number of rotatable bonds is 0. The topological polar surface area (TPSA) is 44.5 Å². The fraction of sp³-hybridized carbons (Fsp3) is 0.900. The van der Waals surface area contributed by atoms with E-state index < -0.39 is 0 Å². The Morgan fingerprint density at radius 2 is 1.87 bits per heavy atom. The molecule has 0 bridgehead atoms. The van der Waals surface area contributed by atoms with Gasteiger partial charge in [-0.3, -0.25) is 0 Å². The van der Waals surface area contributed by atoms with Crippen molar-refractivity contribution in [2.45, 2.75) is 38.1 Å². The van der Waals surface area contributed by atoms with E-state index in [1.807, 2.05) is 12.1 Å². The minimum atomic E-state index is 0.536. The Balaban J connectivity index is 0.000000151. The molecule has 2 fully saturated rings. The summed E-state index contributed by atoms with van der Waals surface area (Å²) in [5.41, 5.74) is 8.76. The van der Waals surface area contributed by atoms with Crippen LogP contribution in [0, 0.1) is 0 Å². The molecule has 0 atom stereocenters. The van der Waals surface area contributed by atoms with Crippen LogP contribution >= 0.6 is 0 Å². The van der Waals surface area contributed by atoms with Crippen LogP contribution in [-0.4, -0.2) is 40.9 Å². The standard InChI is InChI=1S/C6H13N.C4H9N3.Pt/c7-6-4-2-1-3-5-6;1-6-3-5-7(2)4-6;/h6H,1-5,7H2;5H,4H2,1-2H3;. The zero-order valence-corrected chi connectivity index (χ0v) is 11.9. The molecule has 1 heterocycles. The van der Waals surface area contributed by atoms with Gasteiger partial charge < -0.3 is 5.73 Å². The number of nitrogens with two attached hydrogens (primary N) is 1. The van der Waals surface area contributed by atoms with Crippen molar-refractivity contribution in [3.8, 4) is 0 Å². The van der Waals surface area contributed by atoms with E-state index >= 15 is 0 Å². The Hall–Kier alpha value is 0.398. The molecule has 0 aromatic carbocycles. The molecule has 1 aliphatic carbocycles. The molecule has 5 heteroatoms. The molecule has 0 aromatic heterocycles. The third-order valence-corrected chi connectivity index (χ3v) is 3.78. The van der Waals surface area contributed by atoms with Crippen LogP contribution in [0.5, 0.6) is 0 Å². The SMILES string of the molecule is CN1CN(C)[C](=[Pt])N1.NC1CCCCC1. The predicted molar refractivity (Wildman–Crippen MR) is 59.6 cm³/mol. The minimum Gasteiger partial charge on any atom is -0.328 e. The van der Waals surface area contributed by atoms with Gasteiger partial charge in [-0.1, -0.05) is 19.3 Å². The van der Waals surface area contributed by atoms with E-state index in [0.717, 1.165) is 6.67 Å². The molecule has 0 spiro atoms. The molecule has 0 aromatic rings. The second kappa shape index (κ2) is 6.87. The minimum absolute atomic E-state index is 0.536. The maximum atomic E-state index is 5.63. The van der Waals surface area contributed by atoms with Gasteiger partial charge in [-0.05, 0) is 12.8 Å². The predicted octanol–water partition coefficient (Wildman–Crippen LogP) is 0.238. The van der Waals surface area contributed by atoms with Crippen molar-refractivity contribution < 1.29 is 19.4 Å². The number of nitrogens with one attached hydrogen (secondary N) is 1. The average Bonchev–Trinajstić information content (AvgIpc) is 2.46. The van der Waals surface area contributed by atoms with Crippen LogP contribution in [0.2, 0.25) is 0 Å². The van der Waals surface area contributed by atoms with Crippen LogP contribution in [0.3, 0.4) is 0 Å². The number of hydrogen-bond acceptors (Lipinski definition) is 4. The molecule has 1 saturated carbocycles. The summed E-state index contributed by atoms with van der Waals surface area (Å²) >= 11 is 2.25. The molecule has 0 radical (unpaired) electrons. The van der Waals surface area contributed by atoms with Crippen molar-refractivity contribution >= 4 is 4.15 Å². The second-order valence-electron chi connectivity index (χ2n) is 4.31. The normalized spacial score (nSPS) is 25.3. The summed E-state index contributed by atoms with van der Waals surface area (Å²) in [6.07, 6.45) is 6.66. The Labute approximate surface area is 104 Å². The summed E-state index contributed by atoms with van der Waals surface area (Å²) < 4.78 is 1.19. The molecule has 15 heavy (non-hydrogen) atoms. The summed E-state index contributed by atoms with van der Waals surface area (Å²) in [6.45, 7) is 0.971. The molecular formula is C10H22N4Pt. The van der Waals surface area contributed by atoms with Crippen molar-refractivity contribution in [3.05, 3.63) is 0 Å². The Morgan fingerprint density at radius 3 is 2.07 bits per heavy atom. The van der Waals surface area contributed by atoms with Crippen molar-refractivity contribution in [3.63, 3.8) is 0 Å². The van der Waals surface area contributed by atoms with Crippen molar-refractivity contribution in [1.29, 1.82) is 0 Å². The molecule has 3 N–H and O–H groups in total.